The van der Waals surface area contributed by atoms with Crippen molar-refractivity contribution in [1.29, 1.82) is 0 Å². The Morgan fingerprint density at radius 2 is 1.87 bits per heavy atom. The SMILES string of the molecule is CC(N)CCS(=O)(=O)CCC(=O)N(C)C. The predicted molar refractivity (Wildman–Crippen MR) is 60.2 cm³/mol. The maximum atomic E-state index is 11.4. The van der Waals surface area contributed by atoms with Gasteiger partial charge in [0.2, 0.25) is 5.91 Å². The number of rotatable bonds is 6. The molecule has 0 spiro atoms. The Balaban J connectivity index is 4.00. The highest BCUT2D eigenvalue weighted by Crippen LogP contribution is 2.00. The number of nitrogens with zero attached hydrogens (tertiary/aromatic N) is 1. The molecule has 0 saturated heterocycles. The van der Waals surface area contributed by atoms with Gasteiger partial charge in [0.1, 0.15) is 0 Å². The van der Waals surface area contributed by atoms with Gasteiger partial charge in [-0.1, -0.05) is 0 Å². The summed E-state index contributed by atoms with van der Waals surface area (Å²) in [6, 6.07) is -0.121. The van der Waals surface area contributed by atoms with Crippen molar-refractivity contribution in [2.75, 3.05) is 25.6 Å². The van der Waals surface area contributed by atoms with Crippen molar-refractivity contribution in [3.05, 3.63) is 0 Å². The first-order chi connectivity index (χ1) is 6.74. The third kappa shape index (κ3) is 7.33. The third-order valence-electron chi connectivity index (χ3n) is 2.01. The Morgan fingerprint density at radius 1 is 1.33 bits per heavy atom. The van der Waals surface area contributed by atoms with Crippen LogP contribution in [0.2, 0.25) is 0 Å². The monoisotopic (exact) mass is 236 g/mol. The summed E-state index contributed by atoms with van der Waals surface area (Å²) in [5.41, 5.74) is 5.46. The molecular formula is C9H20N2O3S. The van der Waals surface area contributed by atoms with Gasteiger partial charge in [-0.15, -0.1) is 0 Å². The minimum absolute atomic E-state index is 0.0499. The summed E-state index contributed by atoms with van der Waals surface area (Å²) in [5, 5.41) is 0. The van der Waals surface area contributed by atoms with E-state index < -0.39 is 9.84 Å². The van der Waals surface area contributed by atoms with E-state index in [1.54, 1.807) is 21.0 Å². The van der Waals surface area contributed by atoms with Crippen LogP contribution in [0, 0.1) is 0 Å². The molecule has 0 rings (SSSR count). The van der Waals surface area contributed by atoms with E-state index in [-0.39, 0.29) is 29.9 Å². The third-order valence-corrected chi connectivity index (χ3v) is 3.69. The van der Waals surface area contributed by atoms with E-state index in [0.717, 1.165) is 0 Å². The quantitative estimate of drug-likeness (QED) is 0.681. The first kappa shape index (κ1) is 14.4. The lowest BCUT2D eigenvalue weighted by Crippen LogP contribution is -2.26. The van der Waals surface area contributed by atoms with E-state index in [9.17, 15) is 13.2 Å². The van der Waals surface area contributed by atoms with Crippen LogP contribution in [-0.4, -0.2) is 50.9 Å². The fraction of sp³-hybridized carbons (Fsp3) is 0.889. The normalized spacial score (nSPS) is 13.6. The van der Waals surface area contributed by atoms with Crippen LogP contribution in [0.15, 0.2) is 0 Å². The van der Waals surface area contributed by atoms with E-state index in [1.165, 1.54) is 4.90 Å². The summed E-state index contributed by atoms with van der Waals surface area (Å²) in [4.78, 5) is 12.6. The van der Waals surface area contributed by atoms with Crippen LogP contribution in [0.3, 0.4) is 0 Å². The van der Waals surface area contributed by atoms with Crippen molar-refractivity contribution < 1.29 is 13.2 Å². The van der Waals surface area contributed by atoms with Gasteiger partial charge in [0.15, 0.2) is 9.84 Å². The summed E-state index contributed by atoms with van der Waals surface area (Å²) in [6.07, 6.45) is 0.493. The van der Waals surface area contributed by atoms with E-state index in [4.69, 9.17) is 5.73 Å². The fourth-order valence-corrected chi connectivity index (χ4v) is 2.35. The van der Waals surface area contributed by atoms with E-state index in [0.29, 0.717) is 6.42 Å². The van der Waals surface area contributed by atoms with Crippen LogP contribution < -0.4 is 5.73 Å². The number of hydrogen-bond acceptors (Lipinski definition) is 4. The maximum absolute atomic E-state index is 11.4. The van der Waals surface area contributed by atoms with Crippen LogP contribution in [-0.2, 0) is 14.6 Å². The van der Waals surface area contributed by atoms with Gasteiger partial charge in [0, 0.05) is 26.6 Å². The van der Waals surface area contributed by atoms with Gasteiger partial charge in [-0.05, 0) is 13.3 Å². The zero-order valence-electron chi connectivity index (χ0n) is 9.56. The summed E-state index contributed by atoms with van der Waals surface area (Å²) in [7, 11) is 0.0834. The van der Waals surface area contributed by atoms with E-state index >= 15 is 0 Å². The van der Waals surface area contributed by atoms with Crippen molar-refractivity contribution in [3.8, 4) is 0 Å². The molecule has 0 saturated carbocycles. The molecule has 15 heavy (non-hydrogen) atoms. The molecule has 0 aromatic carbocycles. The molecule has 0 aliphatic rings. The molecule has 1 unspecified atom stereocenters. The van der Waals surface area contributed by atoms with Crippen LogP contribution in [0.25, 0.3) is 0 Å². The Morgan fingerprint density at radius 3 is 2.27 bits per heavy atom. The van der Waals surface area contributed by atoms with E-state index in [2.05, 4.69) is 0 Å². The van der Waals surface area contributed by atoms with Crippen molar-refractivity contribution in [1.82, 2.24) is 4.90 Å². The van der Waals surface area contributed by atoms with Crippen molar-refractivity contribution in [2.45, 2.75) is 25.8 Å². The molecule has 0 fully saturated rings. The molecule has 1 amide bonds. The van der Waals surface area contributed by atoms with Gasteiger partial charge >= 0.3 is 0 Å². The maximum Gasteiger partial charge on any atom is 0.223 e. The summed E-state index contributed by atoms with van der Waals surface area (Å²) < 4.78 is 22.9. The molecule has 6 heteroatoms. The average Bonchev–Trinajstić information content (AvgIpc) is 2.11. The first-order valence-corrected chi connectivity index (χ1v) is 6.73. The smallest absolute Gasteiger partial charge is 0.223 e. The Hall–Kier alpha value is -0.620. The van der Waals surface area contributed by atoms with Gasteiger partial charge in [-0.2, -0.15) is 0 Å². The van der Waals surface area contributed by atoms with Crippen LogP contribution in [0.5, 0.6) is 0 Å². The van der Waals surface area contributed by atoms with Crippen molar-refractivity contribution in [3.63, 3.8) is 0 Å². The number of carbonyl (C=O) groups is 1. The number of sulfone groups is 1. The van der Waals surface area contributed by atoms with Gasteiger partial charge in [0.25, 0.3) is 0 Å². The highest BCUT2D eigenvalue weighted by atomic mass is 32.2. The number of amides is 1. The summed E-state index contributed by atoms with van der Waals surface area (Å²) in [6.45, 7) is 1.76. The predicted octanol–water partition coefficient (Wildman–Crippen LogP) is -0.383. The van der Waals surface area contributed by atoms with Crippen LogP contribution in [0.4, 0.5) is 0 Å². The van der Waals surface area contributed by atoms with Gasteiger partial charge in [-0.3, -0.25) is 4.79 Å². The zero-order valence-corrected chi connectivity index (χ0v) is 10.4. The zero-order chi connectivity index (χ0) is 12.1. The molecule has 0 radical (unpaired) electrons. The first-order valence-electron chi connectivity index (χ1n) is 4.91. The second-order valence-electron chi connectivity index (χ2n) is 3.96. The van der Waals surface area contributed by atoms with Crippen molar-refractivity contribution in [2.24, 2.45) is 5.73 Å². The summed E-state index contributed by atoms with van der Waals surface area (Å²) in [5.74, 6) is -0.193. The topological polar surface area (TPSA) is 80.5 Å². The van der Waals surface area contributed by atoms with Gasteiger partial charge < -0.3 is 10.6 Å². The average molecular weight is 236 g/mol. The Kier molecular flexibility index (Phi) is 5.82. The molecular weight excluding hydrogens is 216 g/mol. The molecule has 0 bridgehead atoms. The largest absolute Gasteiger partial charge is 0.349 e. The van der Waals surface area contributed by atoms with Crippen LogP contribution in [0.1, 0.15) is 19.8 Å². The molecule has 1 atom stereocenters. The lowest BCUT2D eigenvalue weighted by Gasteiger charge is -2.10. The Labute approximate surface area is 91.5 Å². The highest BCUT2D eigenvalue weighted by molar-refractivity contribution is 7.91. The van der Waals surface area contributed by atoms with Crippen LogP contribution >= 0.6 is 0 Å². The molecule has 90 valence electrons. The minimum atomic E-state index is -3.13. The molecule has 0 aromatic rings. The summed E-state index contributed by atoms with van der Waals surface area (Å²) >= 11 is 0. The number of nitrogens with two attached hydrogens (primary N) is 1. The molecule has 0 aliphatic heterocycles. The van der Waals surface area contributed by atoms with Gasteiger partial charge in [-0.25, -0.2) is 8.42 Å². The molecule has 0 aliphatic carbocycles. The standard InChI is InChI=1S/C9H20N2O3S/c1-8(10)4-6-15(13,14)7-5-9(12)11(2)3/h8H,4-7,10H2,1-3H3. The Bertz CT molecular complexity index is 296. The lowest BCUT2D eigenvalue weighted by atomic mass is 10.3. The second-order valence-corrected chi connectivity index (χ2v) is 6.26. The second kappa shape index (κ2) is 6.07. The minimum Gasteiger partial charge on any atom is -0.349 e. The highest BCUT2D eigenvalue weighted by Gasteiger charge is 2.14. The lowest BCUT2D eigenvalue weighted by molar-refractivity contribution is -0.128. The van der Waals surface area contributed by atoms with E-state index in [1.807, 2.05) is 0 Å². The molecule has 2 N–H and O–H groups in total. The fourth-order valence-electron chi connectivity index (χ4n) is 0.934. The number of carbonyl (C=O) groups excluding carboxylic acids is 1. The molecule has 5 nitrogen and oxygen atoms in total. The number of hydrogen-bond donors (Lipinski definition) is 1. The molecule has 0 heterocycles. The van der Waals surface area contributed by atoms with Gasteiger partial charge in [0.05, 0.1) is 11.5 Å². The molecule has 0 aromatic heterocycles. The van der Waals surface area contributed by atoms with Crippen molar-refractivity contribution >= 4 is 15.7 Å².